The molecule has 28 heavy (non-hydrogen) atoms. The van der Waals surface area contributed by atoms with Gasteiger partial charge in [-0.2, -0.15) is 18.2 Å². The van der Waals surface area contributed by atoms with E-state index in [4.69, 9.17) is 19.2 Å². The number of carboxylic acids is 1. The molecular weight excluding hydrogens is 399 g/mol. The minimum Gasteiger partial charge on any atom is -0.475 e. The van der Waals surface area contributed by atoms with Gasteiger partial charge in [0.25, 0.3) is 5.89 Å². The number of aromatic nitrogens is 2. The van der Waals surface area contributed by atoms with E-state index in [1.165, 1.54) is 11.3 Å². The third kappa shape index (κ3) is 5.30. The van der Waals surface area contributed by atoms with Crippen LogP contribution in [0.15, 0.2) is 22.0 Å². The Labute approximate surface area is 163 Å². The van der Waals surface area contributed by atoms with Crippen LogP contribution >= 0.6 is 11.3 Å². The number of likely N-dealkylation sites (tertiary alicyclic amines) is 1. The summed E-state index contributed by atoms with van der Waals surface area (Å²) in [4.78, 5) is 17.1. The van der Waals surface area contributed by atoms with Crippen LogP contribution in [0.1, 0.15) is 35.5 Å². The van der Waals surface area contributed by atoms with Gasteiger partial charge in [0.05, 0.1) is 6.10 Å². The van der Waals surface area contributed by atoms with E-state index < -0.39 is 12.1 Å². The van der Waals surface area contributed by atoms with Crippen LogP contribution in [-0.4, -0.2) is 51.5 Å². The van der Waals surface area contributed by atoms with Crippen LogP contribution in [-0.2, 0) is 16.1 Å². The Balaban J connectivity index is 0.000000279. The number of aryl methyl sites for hydroxylation is 1. The molecule has 4 heterocycles. The Bertz CT molecular complexity index is 781. The average Bonchev–Trinajstić information content (AvgIpc) is 3.34. The molecule has 3 atom stereocenters. The van der Waals surface area contributed by atoms with Crippen LogP contribution in [0.5, 0.6) is 0 Å². The topological polar surface area (TPSA) is 88.7 Å². The second kappa shape index (κ2) is 8.58. The lowest BCUT2D eigenvalue weighted by molar-refractivity contribution is -0.192. The van der Waals surface area contributed by atoms with Crippen molar-refractivity contribution in [3.05, 3.63) is 34.1 Å². The first-order chi connectivity index (χ1) is 13.2. The molecule has 0 saturated carbocycles. The van der Waals surface area contributed by atoms with Crippen LogP contribution < -0.4 is 0 Å². The summed E-state index contributed by atoms with van der Waals surface area (Å²) in [5.41, 5.74) is 0. The summed E-state index contributed by atoms with van der Waals surface area (Å²) in [7, 11) is 0. The van der Waals surface area contributed by atoms with Crippen molar-refractivity contribution in [1.29, 1.82) is 0 Å². The SMILES string of the molecule is Cc1noc([C@H]2C[C@@H]3CCN(Cc4cccs4)C[C@H]3O2)n1.O=C(O)C(F)(F)F. The number of alkyl halides is 3. The largest absolute Gasteiger partial charge is 0.490 e. The normalized spacial score (nSPS) is 25.1. The zero-order chi connectivity index (χ0) is 20.3. The lowest BCUT2D eigenvalue weighted by Gasteiger charge is -2.33. The van der Waals surface area contributed by atoms with Gasteiger partial charge in [-0.25, -0.2) is 4.79 Å². The molecule has 0 aliphatic carbocycles. The molecule has 0 radical (unpaired) electrons. The maximum Gasteiger partial charge on any atom is 0.490 e. The molecule has 0 unspecified atom stereocenters. The molecule has 2 saturated heterocycles. The fourth-order valence-corrected chi connectivity index (χ4v) is 4.11. The molecular formula is C17H20F3N3O4S. The van der Waals surface area contributed by atoms with Crippen molar-refractivity contribution < 1.29 is 32.3 Å². The van der Waals surface area contributed by atoms with Gasteiger partial charge in [0.2, 0.25) is 0 Å². The van der Waals surface area contributed by atoms with E-state index in [-0.39, 0.29) is 6.10 Å². The third-order valence-corrected chi connectivity index (χ3v) is 5.52. The number of carbonyl (C=O) groups is 1. The molecule has 2 aliphatic heterocycles. The van der Waals surface area contributed by atoms with E-state index in [9.17, 15) is 13.2 Å². The third-order valence-electron chi connectivity index (χ3n) is 4.66. The highest BCUT2D eigenvalue weighted by Crippen LogP contribution is 2.40. The number of rotatable bonds is 3. The van der Waals surface area contributed by atoms with Crippen molar-refractivity contribution >= 4 is 17.3 Å². The molecule has 0 amide bonds. The number of nitrogens with zero attached hydrogens (tertiary/aromatic N) is 3. The van der Waals surface area contributed by atoms with Crippen molar-refractivity contribution in [2.45, 2.75) is 44.7 Å². The molecule has 7 nitrogen and oxygen atoms in total. The molecule has 2 aromatic heterocycles. The van der Waals surface area contributed by atoms with Crippen molar-refractivity contribution in [3.8, 4) is 0 Å². The highest BCUT2D eigenvalue weighted by molar-refractivity contribution is 7.09. The van der Waals surface area contributed by atoms with E-state index in [2.05, 4.69) is 32.6 Å². The monoisotopic (exact) mass is 419 g/mol. The summed E-state index contributed by atoms with van der Waals surface area (Å²) in [6.07, 6.45) is -2.59. The van der Waals surface area contributed by atoms with Gasteiger partial charge in [-0.3, -0.25) is 4.90 Å². The van der Waals surface area contributed by atoms with Crippen molar-refractivity contribution in [2.24, 2.45) is 5.92 Å². The van der Waals surface area contributed by atoms with Crippen molar-refractivity contribution in [2.75, 3.05) is 13.1 Å². The molecule has 2 aromatic rings. The van der Waals surface area contributed by atoms with Crippen LogP contribution in [0, 0.1) is 12.8 Å². The number of hydrogen-bond acceptors (Lipinski definition) is 7. The lowest BCUT2D eigenvalue weighted by Crippen LogP contribution is -2.41. The van der Waals surface area contributed by atoms with Gasteiger partial charge >= 0.3 is 12.1 Å². The summed E-state index contributed by atoms with van der Waals surface area (Å²) in [5.74, 6) is -0.802. The van der Waals surface area contributed by atoms with Gasteiger partial charge in [0, 0.05) is 18.0 Å². The van der Waals surface area contributed by atoms with Gasteiger partial charge in [-0.05, 0) is 43.7 Å². The van der Waals surface area contributed by atoms with Gasteiger partial charge in [0.15, 0.2) is 5.82 Å². The van der Waals surface area contributed by atoms with Gasteiger partial charge in [-0.15, -0.1) is 11.3 Å². The number of thiophene rings is 1. The number of ether oxygens (including phenoxy) is 1. The predicted octanol–water partition coefficient (Wildman–Crippen LogP) is 3.42. The quantitative estimate of drug-likeness (QED) is 0.815. The molecule has 2 aliphatic rings. The fraction of sp³-hybridized carbons (Fsp3) is 0.588. The predicted molar refractivity (Wildman–Crippen MR) is 92.7 cm³/mol. The molecule has 0 aromatic carbocycles. The van der Waals surface area contributed by atoms with E-state index in [0.717, 1.165) is 26.1 Å². The first-order valence-corrected chi connectivity index (χ1v) is 9.61. The molecule has 4 rings (SSSR count). The Morgan fingerprint density at radius 2 is 2.21 bits per heavy atom. The highest BCUT2D eigenvalue weighted by atomic mass is 32.1. The molecule has 1 N–H and O–H groups in total. The molecule has 2 fully saturated rings. The Kier molecular flexibility index (Phi) is 6.36. The zero-order valence-electron chi connectivity index (χ0n) is 15.1. The maximum absolute atomic E-state index is 10.6. The number of hydrogen-bond donors (Lipinski definition) is 1. The fourth-order valence-electron chi connectivity index (χ4n) is 3.36. The van der Waals surface area contributed by atoms with Crippen LogP contribution in [0.25, 0.3) is 0 Å². The van der Waals surface area contributed by atoms with Gasteiger partial charge in [0.1, 0.15) is 6.10 Å². The minimum atomic E-state index is -5.08. The van der Waals surface area contributed by atoms with E-state index in [0.29, 0.717) is 23.7 Å². The van der Waals surface area contributed by atoms with Crippen LogP contribution in [0.4, 0.5) is 13.2 Å². The Morgan fingerprint density at radius 1 is 1.46 bits per heavy atom. The molecule has 154 valence electrons. The number of piperidine rings is 1. The molecule has 0 bridgehead atoms. The minimum absolute atomic E-state index is 0.0112. The maximum atomic E-state index is 10.6. The molecule has 11 heteroatoms. The van der Waals surface area contributed by atoms with E-state index in [1.54, 1.807) is 0 Å². The number of halogens is 3. The van der Waals surface area contributed by atoms with E-state index in [1.807, 2.05) is 18.3 Å². The number of fused-ring (bicyclic) bond motifs is 1. The lowest BCUT2D eigenvalue weighted by atomic mass is 9.92. The van der Waals surface area contributed by atoms with Crippen LogP contribution in [0.2, 0.25) is 0 Å². The van der Waals surface area contributed by atoms with Gasteiger partial charge in [-0.1, -0.05) is 11.2 Å². The summed E-state index contributed by atoms with van der Waals surface area (Å²) in [5, 5.41) is 13.1. The second-order valence-corrected chi connectivity index (χ2v) is 7.78. The number of aliphatic carboxylic acids is 1. The first kappa shape index (κ1) is 20.7. The van der Waals surface area contributed by atoms with Crippen molar-refractivity contribution in [3.63, 3.8) is 0 Å². The first-order valence-electron chi connectivity index (χ1n) is 8.73. The summed E-state index contributed by atoms with van der Waals surface area (Å²) < 4.78 is 43.2. The summed E-state index contributed by atoms with van der Waals surface area (Å²) in [6, 6.07) is 4.32. The van der Waals surface area contributed by atoms with Gasteiger partial charge < -0.3 is 14.4 Å². The molecule has 0 spiro atoms. The smallest absolute Gasteiger partial charge is 0.475 e. The standard InChI is InChI=1S/C15H19N3O2S.C2HF3O2/c1-10-16-15(20-17-10)13-7-11-4-5-18(9-14(11)19-13)8-12-3-2-6-21-12;3-2(4,5)1(6)7/h2-3,6,11,13-14H,4-5,7-9H2,1H3;(H,6,7)/t11-,13+,14+;/m0./s1. The average molecular weight is 419 g/mol. The summed E-state index contributed by atoms with van der Waals surface area (Å²) >= 11 is 1.83. The van der Waals surface area contributed by atoms with E-state index >= 15 is 0 Å². The Morgan fingerprint density at radius 3 is 2.79 bits per heavy atom. The van der Waals surface area contributed by atoms with Crippen molar-refractivity contribution in [1.82, 2.24) is 15.0 Å². The second-order valence-electron chi connectivity index (χ2n) is 6.74. The Hall–Kier alpha value is -1.98. The number of carboxylic acid groups (broad SMARTS) is 1. The summed E-state index contributed by atoms with van der Waals surface area (Å²) in [6.45, 7) is 5.04. The highest BCUT2D eigenvalue weighted by Gasteiger charge is 2.41. The zero-order valence-corrected chi connectivity index (χ0v) is 15.9. The van der Waals surface area contributed by atoms with Crippen LogP contribution in [0.3, 0.4) is 0 Å².